The number of hydrogen-bond donors (Lipinski definition) is 3. The molecule has 0 bridgehead atoms. The van der Waals surface area contributed by atoms with Crippen molar-refractivity contribution in [3.8, 4) is 0 Å². The Labute approximate surface area is 279 Å². The summed E-state index contributed by atoms with van der Waals surface area (Å²) in [4.78, 5) is 40.8. The number of anilines is 2. The van der Waals surface area contributed by atoms with E-state index in [-0.39, 0.29) is 11.6 Å². The SMILES string of the molecule is O=C(Nc1cccc(SC(C(=O)Nc2ccc(Br)cc2)c2ccccc2)c1)/C(=C/c1ccc(Cl)cc1)NC(=O)c1ccccc1. The maximum atomic E-state index is 13.5. The van der Waals surface area contributed by atoms with Crippen LogP contribution in [0.3, 0.4) is 0 Å². The Hall–Kier alpha value is -4.63. The van der Waals surface area contributed by atoms with E-state index in [0.29, 0.717) is 27.5 Å². The smallest absolute Gasteiger partial charge is 0.272 e. The molecule has 0 aliphatic heterocycles. The molecule has 224 valence electrons. The molecule has 45 heavy (non-hydrogen) atoms. The molecule has 0 heterocycles. The molecule has 0 saturated carbocycles. The van der Waals surface area contributed by atoms with Crippen LogP contribution in [-0.2, 0) is 9.59 Å². The fourth-order valence-corrected chi connectivity index (χ4v) is 5.77. The van der Waals surface area contributed by atoms with Gasteiger partial charge in [0.1, 0.15) is 10.9 Å². The largest absolute Gasteiger partial charge is 0.325 e. The average Bonchev–Trinajstić information content (AvgIpc) is 3.06. The predicted molar refractivity (Wildman–Crippen MR) is 186 cm³/mol. The van der Waals surface area contributed by atoms with Crippen LogP contribution in [0.4, 0.5) is 11.4 Å². The second-order valence-corrected chi connectivity index (χ2v) is 12.3. The lowest BCUT2D eigenvalue weighted by Crippen LogP contribution is -2.30. The number of carbonyl (C=O) groups is 3. The molecule has 6 nitrogen and oxygen atoms in total. The van der Waals surface area contributed by atoms with E-state index in [0.717, 1.165) is 14.9 Å². The van der Waals surface area contributed by atoms with Gasteiger partial charge in [0.25, 0.3) is 11.8 Å². The van der Waals surface area contributed by atoms with Gasteiger partial charge in [0.05, 0.1) is 0 Å². The van der Waals surface area contributed by atoms with Gasteiger partial charge in [-0.2, -0.15) is 0 Å². The van der Waals surface area contributed by atoms with Gasteiger partial charge in [-0.3, -0.25) is 14.4 Å². The molecule has 0 fully saturated rings. The summed E-state index contributed by atoms with van der Waals surface area (Å²) in [6, 6.07) is 39.7. The summed E-state index contributed by atoms with van der Waals surface area (Å²) in [5.74, 6) is -1.11. The summed E-state index contributed by atoms with van der Waals surface area (Å²) in [6.07, 6.45) is 1.59. The van der Waals surface area contributed by atoms with Crippen LogP contribution in [-0.4, -0.2) is 17.7 Å². The Morgan fingerprint density at radius 1 is 0.711 bits per heavy atom. The number of nitrogens with one attached hydrogen (secondary N) is 3. The zero-order valence-electron chi connectivity index (χ0n) is 23.7. The summed E-state index contributed by atoms with van der Waals surface area (Å²) in [5.41, 5.74) is 3.18. The van der Waals surface area contributed by atoms with Gasteiger partial charge in [0.2, 0.25) is 5.91 Å². The van der Waals surface area contributed by atoms with E-state index in [4.69, 9.17) is 11.6 Å². The average molecular weight is 697 g/mol. The van der Waals surface area contributed by atoms with Gasteiger partial charge in [0.15, 0.2) is 0 Å². The van der Waals surface area contributed by atoms with Gasteiger partial charge in [0, 0.05) is 31.3 Å². The van der Waals surface area contributed by atoms with Crippen LogP contribution >= 0.6 is 39.3 Å². The third-order valence-corrected chi connectivity index (χ3v) is 8.54. The lowest BCUT2D eigenvalue weighted by Gasteiger charge is -2.18. The van der Waals surface area contributed by atoms with Crippen LogP contribution in [0.15, 0.2) is 149 Å². The van der Waals surface area contributed by atoms with Crippen molar-refractivity contribution in [2.24, 2.45) is 0 Å². The van der Waals surface area contributed by atoms with Crippen LogP contribution < -0.4 is 16.0 Å². The minimum Gasteiger partial charge on any atom is -0.325 e. The summed E-state index contributed by atoms with van der Waals surface area (Å²) >= 11 is 10.8. The molecular formula is C36H27BrClN3O3S. The first-order valence-electron chi connectivity index (χ1n) is 13.9. The number of carbonyl (C=O) groups excluding carboxylic acids is 3. The minimum absolute atomic E-state index is 0.0558. The maximum Gasteiger partial charge on any atom is 0.272 e. The lowest BCUT2D eigenvalue weighted by molar-refractivity contribution is -0.116. The van der Waals surface area contributed by atoms with Crippen LogP contribution in [0, 0.1) is 0 Å². The fourth-order valence-electron chi connectivity index (χ4n) is 4.29. The third kappa shape index (κ3) is 9.18. The highest BCUT2D eigenvalue weighted by Gasteiger charge is 2.23. The standard InChI is InChI=1S/C36H27BrClN3O3S/c37-27-16-20-29(21-17-27)39-36(44)33(25-8-3-1-4-9-25)45-31-13-7-12-30(23-31)40-35(43)32(22-24-14-18-28(38)19-15-24)41-34(42)26-10-5-2-6-11-26/h1-23,33H,(H,39,44)(H,40,43)(H,41,42)/b32-22-. The quantitative estimate of drug-likeness (QED) is 0.101. The summed E-state index contributed by atoms with van der Waals surface area (Å²) in [5, 5.41) is 8.63. The van der Waals surface area contributed by atoms with E-state index < -0.39 is 17.1 Å². The van der Waals surface area contributed by atoms with E-state index in [9.17, 15) is 14.4 Å². The van der Waals surface area contributed by atoms with Gasteiger partial charge in [-0.25, -0.2) is 0 Å². The summed E-state index contributed by atoms with van der Waals surface area (Å²) in [6.45, 7) is 0. The van der Waals surface area contributed by atoms with Crippen molar-refractivity contribution in [1.82, 2.24) is 5.32 Å². The first kappa shape index (κ1) is 31.8. The molecule has 1 unspecified atom stereocenters. The van der Waals surface area contributed by atoms with Crippen molar-refractivity contribution in [2.45, 2.75) is 10.1 Å². The zero-order chi connectivity index (χ0) is 31.6. The molecule has 5 aromatic carbocycles. The Bertz CT molecular complexity index is 1820. The Morgan fingerprint density at radius 2 is 1.38 bits per heavy atom. The normalized spacial score (nSPS) is 11.7. The van der Waals surface area contributed by atoms with Gasteiger partial charge in [-0.05, 0) is 83.9 Å². The molecule has 0 aromatic heterocycles. The van der Waals surface area contributed by atoms with Gasteiger partial charge in [-0.1, -0.05) is 94.3 Å². The van der Waals surface area contributed by atoms with E-state index in [1.54, 1.807) is 72.8 Å². The monoisotopic (exact) mass is 695 g/mol. The molecule has 1 atom stereocenters. The van der Waals surface area contributed by atoms with Crippen molar-refractivity contribution in [1.29, 1.82) is 0 Å². The van der Waals surface area contributed by atoms with E-state index in [2.05, 4.69) is 31.9 Å². The highest BCUT2D eigenvalue weighted by atomic mass is 79.9. The molecule has 0 aliphatic carbocycles. The number of benzene rings is 5. The Balaban J connectivity index is 1.37. The van der Waals surface area contributed by atoms with Crippen LogP contribution in [0.1, 0.15) is 26.7 Å². The van der Waals surface area contributed by atoms with Gasteiger partial charge >= 0.3 is 0 Å². The first-order valence-corrected chi connectivity index (χ1v) is 15.9. The van der Waals surface area contributed by atoms with Crippen molar-refractivity contribution in [2.75, 3.05) is 10.6 Å². The molecule has 0 radical (unpaired) electrons. The second kappa shape index (κ2) is 15.4. The van der Waals surface area contributed by atoms with Crippen molar-refractivity contribution in [3.05, 3.63) is 165 Å². The van der Waals surface area contributed by atoms with Crippen molar-refractivity contribution < 1.29 is 14.4 Å². The number of amides is 3. The molecule has 9 heteroatoms. The number of thioether (sulfide) groups is 1. The van der Waals surface area contributed by atoms with Crippen molar-refractivity contribution >= 4 is 74.5 Å². The van der Waals surface area contributed by atoms with Crippen LogP contribution in [0.25, 0.3) is 6.08 Å². The molecule has 3 N–H and O–H groups in total. The number of rotatable bonds is 10. The van der Waals surface area contributed by atoms with Gasteiger partial charge in [-0.15, -0.1) is 11.8 Å². The zero-order valence-corrected chi connectivity index (χ0v) is 26.9. The molecule has 3 amide bonds. The Kier molecular flexibility index (Phi) is 10.9. The highest BCUT2D eigenvalue weighted by molar-refractivity contribution is 9.10. The summed E-state index contributed by atoms with van der Waals surface area (Å²) < 4.78 is 0.916. The van der Waals surface area contributed by atoms with Crippen LogP contribution in [0.5, 0.6) is 0 Å². The highest BCUT2D eigenvalue weighted by Crippen LogP contribution is 2.37. The first-order chi connectivity index (χ1) is 21.8. The molecular weight excluding hydrogens is 670 g/mol. The minimum atomic E-state index is -0.564. The van der Waals surface area contributed by atoms with E-state index in [1.807, 2.05) is 66.7 Å². The lowest BCUT2D eigenvalue weighted by atomic mass is 10.1. The fraction of sp³-hybridized carbons (Fsp3) is 0.0278. The molecule has 0 spiro atoms. The van der Waals surface area contributed by atoms with E-state index in [1.165, 1.54) is 11.8 Å². The third-order valence-electron chi connectivity index (χ3n) is 6.51. The molecule has 5 aromatic rings. The van der Waals surface area contributed by atoms with Crippen molar-refractivity contribution in [3.63, 3.8) is 0 Å². The predicted octanol–water partition coefficient (Wildman–Crippen LogP) is 8.98. The topological polar surface area (TPSA) is 87.3 Å². The number of halogens is 2. The molecule has 5 rings (SSSR count). The molecule has 0 saturated heterocycles. The van der Waals surface area contributed by atoms with Gasteiger partial charge < -0.3 is 16.0 Å². The number of hydrogen-bond acceptors (Lipinski definition) is 4. The van der Waals surface area contributed by atoms with E-state index >= 15 is 0 Å². The molecule has 0 aliphatic rings. The second-order valence-electron chi connectivity index (χ2n) is 9.82. The maximum absolute atomic E-state index is 13.5. The van der Waals surface area contributed by atoms with Crippen LogP contribution in [0.2, 0.25) is 5.02 Å². The summed E-state index contributed by atoms with van der Waals surface area (Å²) in [7, 11) is 0. The Morgan fingerprint density at radius 3 is 2.07 bits per heavy atom.